The molecular weight excluding hydrogens is 186 g/mol. The quantitative estimate of drug-likeness (QED) is 0.805. The van der Waals surface area contributed by atoms with Crippen LogP contribution in [0.25, 0.3) is 0 Å². The maximum atomic E-state index is 4.04. The third-order valence-corrected chi connectivity index (χ3v) is 3.07. The van der Waals surface area contributed by atoms with Crippen LogP contribution in [0.2, 0.25) is 0 Å². The van der Waals surface area contributed by atoms with Crippen molar-refractivity contribution in [3.05, 3.63) is 30.1 Å². The average Bonchev–Trinajstić information content (AvgIpc) is 2.31. The topological polar surface area (TPSA) is 28.2 Å². The Kier molecular flexibility index (Phi) is 3.69. The van der Waals surface area contributed by atoms with Gasteiger partial charge in [0.2, 0.25) is 0 Å². The Balaban J connectivity index is 1.89. The van der Waals surface area contributed by atoms with E-state index in [4.69, 9.17) is 0 Å². The summed E-state index contributed by atoms with van der Waals surface area (Å²) in [4.78, 5) is 6.55. The second-order valence-corrected chi connectivity index (χ2v) is 4.22. The lowest BCUT2D eigenvalue weighted by Crippen LogP contribution is -2.43. The summed E-state index contributed by atoms with van der Waals surface area (Å²) in [6.07, 6.45) is 6.35. The van der Waals surface area contributed by atoms with Gasteiger partial charge >= 0.3 is 0 Å². The van der Waals surface area contributed by atoms with Crippen molar-refractivity contribution in [2.45, 2.75) is 25.4 Å². The molecule has 1 aromatic rings. The second kappa shape index (κ2) is 5.24. The second-order valence-electron chi connectivity index (χ2n) is 4.22. The van der Waals surface area contributed by atoms with Gasteiger partial charge < -0.3 is 5.32 Å². The highest BCUT2D eigenvalue weighted by molar-refractivity contribution is 5.09. The van der Waals surface area contributed by atoms with E-state index in [0.29, 0.717) is 6.04 Å². The molecule has 0 spiro atoms. The minimum Gasteiger partial charge on any atom is -0.316 e. The molecule has 0 saturated carbocycles. The molecule has 3 heteroatoms. The van der Waals surface area contributed by atoms with Crippen LogP contribution in [0.4, 0.5) is 0 Å². The summed E-state index contributed by atoms with van der Waals surface area (Å²) in [6.45, 7) is 3.44. The number of nitrogens with one attached hydrogen (secondary N) is 1. The molecule has 0 radical (unpaired) electrons. The first-order chi connectivity index (χ1) is 7.38. The summed E-state index contributed by atoms with van der Waals surface area (Å²) in [5, 5.41) is 3.37. The zero-order valence-electron chi connectivity index (χ0n) is 9.32. The fourth-order valence-corrected chi connectivity index (χ4v) is 2.18. The van der Waals surface area contributed by atoms with Crippen molar-refractivity contribution < 1.29 is 0 Å². The van der Waals surface area contributed by atoms with Gasteiger partial charge in [-0.3, -0.25) is 9.88 Å². The first-order valence-corrected chi connectivity index (χ1v) is 5.67. The Labute approximate surface area is 91.5 Å². The van der Waals surface area contributed by atoms with E-state index in [-0.39, 0.29) is 0 Å². The van der Waals surface area contributed by atoms with Crippen molar-refractivity contribution in [3.8, 4) is 0 Å². The summed E-state index contributed by atoms with van der Waals surface area (Å²) in [6, 6.07) is 4.87. The van der Waals surface area contributed by atoms with Crippen molar-refractivity contribution in [3.63, 3.8) is 0 Å². The van der Waals surface area contributed by atoms with E-state index in [1.807, 2.05) is 12.4 Å². The molecule has 1 atom stereocenters. The molecule has 1 fully saturated rings. The van der Waals surface area contributed by atoms with Crippen LogP contribution in [0.3, 0.4) is 0 Å². The highest BCUT2D eigenvalue weighted by atomic mass is 15.2. The van der Waals surface area contributed by atoms with Crippen LogP contribution in [-0.4, -0.2) is 36.1 Å². The van der Waals surface area contributed by atoms with Crippen molar-refractivity contribution in [2.24, 2.45) is 0 Å². The van der Waals surface area contributed by atoms with Crippen LogP contribution >= 0.6 is 0 Å². The number of hydrogen-bond acceptors (Lipinski definition) is 3. The van der Waals surface area contributed by atoms with E-state index in [0.717, 1.165) is 6.54 Å². The Bertz CT molecular complexity index is 286. The molecule has 0 amide bonds. The number of hydrogen-bond donors (Lipinski definition) is 1. The van der Waals surface area contributed by atoms with Crippen molar-refractivity contribution in [1.82, 2.24) is 15.2 Å². The van der Waals surface area contributed by atoms with E-state index in [1.54, 1.807) is 0 Å². The zero-order chi connectivity index (χ0) is 10.5. The fraction of sp³-hybridized carbons (Fsp3) is 0.583. The van der Waals surface area contributed by atoms with E-state index in [2.05, 4.69) is 34.4 Å². The van der Waals surface area contributed by atoms with Gasteiger partial charge in [-0.05, 0) is 44.1 Å². The molecule has 2 heterocycles. The van der Waals surface area contributed by atoms with Crippen LogP contribution in [0, 0.1) is 0 Å². The monoisotopic (exact) mass is 205 g/mol. The largest absolute Gasteiger partial charge is 0.316 e. The van der Waals surface area contributed by atoms with Crippen LogP contribution in [0.15, 0.2) is 24.5 Å². The number of likely N-dealkylation sites (N-methyl/N-ethyl adjacent to an activating group) is 1. The molecule has 1 N–H and O–H groups in total. The molecule has 1 aliphatic heterocycles. The molecule has 0 aliphatic carbocycles. The molecule has 2 rings (SSSR count). The third kappa shape index (κ3) is 3.01. The van der Waals surface area contributed by atoms with Crippen LogP contribution in [-0.2, 0) is 6.54 Å². The molecule has 82 valence electrons. The van der Waals surface area contributed by atoms with Crippen molar-refractivity contribution >= 4 is 0 Å². The predicted octanol–water partition coefficient (Wildman–Crippen LogP) is 1.27. The van der Waals surface area contributed by atoms with Crippen LogP contribution < -0.4 is 5.32 Å². The van der Waals surface area contributed by atoms with E-state index < -0.39 is 0 Å². The van der Waals surface area contributed by atoms with Gasteiger partial charge in [-0.25, -0.2) is 0 Å². The summed E-state index contributed by atoms with van der Waals surface area (Å²) in [7, 11) is 2.06. The molecular formula is C12H19N3. The number of aromatic nitrogens is 1. The molecule has 0 unspecified atom stereocenters. The molecule has 1 saturated heterocycles. The maximum absolute atomic E-state index is 4.04. The first-order valence-electron chi connectivity index (χ1n) is 5.67. The normalized spacial score (nSPS) is 22.9. The fourth-order valence-electron chi connectivity index (χ4n) is 2.18. The van der Waals surface area contributed by atoms with Crippen molar-refractivity contribution in [1.29, 1.82) is 0 Å². The van der Waals surface area contributed by atoms with Gasteiger partial charge in [0.1, 0.15) is 0 Å². The highest BCUT2D eigenvalue weighted by Gasteiger charge is 2.17. The number of nitrogens with zero attached hydrogens (tertiary/aromatic N) is 2. The van der Waals surface area contributed by atoms with Gasteiger partial charge in [0, 0.05) is 31.5 Å². The number of pyridine rings is 1. The molecule has 0 aromatic carbocycles. The lowest BCUT2D eigenvalue weighted by molar-refractivity contribution is 0.188. The Hall–Kier alpha value is -0.930. The van der Waals surface area contributed by atoms with E-state index in [1.165, 1.54) is 31.5 Å². The summed E-state index contributed by atoms with van der Waals surface area (Å²) in [5.74, 6) is 0. The summed E-state index contributed by atoms with van der Waals surface area (Å²) < 4.78 is 0. The smallest absolute Gasteiger partial charge is 0.0271 e. The van der Waals surface area contributed by atoms with Gasteiger partial charge in [-0.2, -0.15) is 0 Å². The van der Waals surface area contributed by atoms with Gasteiger partial charge in [0.25, 0.3) is 0 Å². The van der Waals surface area contributed by atoms with Crippen LogP contribution in [0.1, 0.15) is 18.4 Å². The third-order valence-electron chi connectivity index (χ3n) is 3.07. The minimum atomic E-state index is 0.667. The van der Waals surface area contributed by atoms with E-state index in [9.17, 15) is 0 Å². The first kappa shape index (κ1) is 10.6. The number of piperidine rings is 1. The average molecular weight is 205 g/mol. The predicted molar refractivity (Wildman–Crippen MR) is 61.6 cm³/mol. The van der Waals surface area contributed by atoms with Crippen molar-refractivity contribution in [2.75, 3.05) is 20.1 Å². The Morgan fingerprint density at radius 1 is 1.47 bits per heavy atom. The Morgan fingerprint density at radius 2 is 2.27 bits per heavy atom. The Morgan fingerprint density at radius 3 is 3.00 bits per heavy atom. The van der Waals surface area contributed by atoms with Gasteiger partial charge in [0.05, 0.1) is 0 Å². The molecule has 15 heavy (non-hydrogen) atoms. The van der Waals surface area contributed by atoms with Gasteiger partial charge in [-0.15, -0.1) is 0 Å². The maximum Gasteiger partial charge on any atom is 0.0271 e. The van der Waals surface area contributed by atoms with E-state index >= 15 is 0 Å². The lowest BCUT2D eigenvalue weighted by atomic mass is 10.1. The summed E-state index contributed by atoms with van der Waals surface area (Å²) in [5.41, 5.74) is 1.36. The minimum absolute atomic E-state index is 0.667. The van der Waals surface area contributed by atoms with Gasteiger partial charge in [-0.1, -0.05) is 0 Å². The lowest BCUT2D eigenvalue weighted by Gasteiger charge is -2.32. The zero-order valence-corrected chi connectivity index (χ0v) is 9.32. The molecule has 1 aliphatic rings. The molecule has 1 aromatic heterocycles. The van der Waals surface area contributed by atoms with Crippen LogP contribution in [0.5, 0.6) is 0 Å². The standard InChI is InChI=1S/C12H19N3/c1-13-12-3-2-8-15(10-12)9-11-4-6-14-7-5-11/h4-7,12-13H,2-3,8-10H2,1H3/t12-/m1/s1. The molecule has 3 nitrogen and oxygen atoms in total. The van der Waals surface area contributed by atoms with Gasteiger partial charge in [0.15, 0.2) is 0 Å². The number of likely N-dealkylation sites (tertiary alicyclic amines) is 1. The SMILES string of the molecule is CN[C@@H]1CCCN(Cc2ccncc2)C1. The highest BCUT2D eigenvalue weighted by Crippen LogP contribution is 2.12. The molecule has 0 bridgehead atoms. The summed E-state index contributed by atoms with van der Waals surface area (Å²) >= 11 is 0. The number of rotatable bonds is 3.